The Labute approximate surface area is 128 Å². The van der Waals surface area contributed by atoms with Gasteiger partial charge in [0, 0.05) is 26.2 Å². The van der Waals surface area contributed by atoms with Crippen LogP contribution < -0.4 is 0 Å². The van der Waals surface area contributed by atoms with Gasteiger partial charge >= 0.3 is 12.0 Å². The molecule has 0 aromatic carbocycles. The van der Waals surface area contributed by atoms with Crippen molar-refractivity contribution in [1.82, 2.24) is 14.7 Å². The Hall–Kier alpha value is -1.30. The van der Waals surface area contributed by atoms with Gasteiger partial charge in [-0.2, -0.15) is 0 Å². The lowest BCUT2D eigenvalue weighted by atomic mass is 10.3. The second-order valence-corrected chi connectivity index (χ2v) is 4.97. The van der Waals surface area contributed by atoms with Crippen LogP contribution in [0.1, 0.15) is 40.5 Å². The highest BCUT2D eigenvalue weighted by Crippen LogP contribution is 2.03. The number of rotatable bonds is 11. The number of carbonyl (C=O) groups is 2. The Morgan fingerprint density at radius 1 is 0.810 bits per heavy atom. The maximum absolute atomic E-state index is 12.4. The van der Waals surface area contributed by atoms with E-state index in [4.69, 9.17) is 5.11 Å². The average molecular weight is 301 g/mol. The molecule has 1 N–H and O–H groups in total. The van der Waals surface area contributed by atoms with Crippen molar-refractivity contribution in [1.29, 1.82) is 0 Å². The minimum absolute atomic E-state index is 0.00339. The fraction of sp³-hybridized carbons (Fsp3) is 0.867. The standard InChI is InChI=1S/C15H31N3O3/c1-5-16(6-2)11-9-12-17(7-3)15(21)18(8-4)13-10-14(19)20/h5-13H2,1-4H3,(H,19,20). The van der Waals surface area contributed by atoms with Crippen LogP contribution in [0.25, 0.3) is 0 Å². The molecule has 0 saturated carbocycles. The van der Waals surface area contributed by atoms with Crippen molar-refractivity contribution >= 4 is 12.0 Å². The van der Waals surface area contributed by atoms with Crippen LogP contribution in [0.4, 0.5) is 4.79 Å². The highest BCUT2D eigenvalue weighted by Gasteiger charge is 2.18. The van der Waals surface area contributed by atoms with Crippen molar-refractivity contribution in [3.05, 3.63) is 0 Å². The van der Waals surface area contributed by atoms with Gasteiger partial charge in [-0.25, -0.2) is 4.79 Å². The number of aliphatic carboxylic acids is 1. The smallest absolute Gasteiger partial charge is 0.319 e. The molecule has 2 amide bonds. The molecule has 0 aliphatic carbocycles. The SMILES string of the molecule is CCN(CC)CCCN(CC)C(=O)N(CC)CCC(=O)O. The molecular weight excluding hydrogens is 270 g/mol. The molecule has 0 spiro atoms. The first kappa shape index (κ1) is 19.7. The molecule has 21 heavy (non-hydrogen) atoms. The first-order valence-corrected chi connectivity index (χ1v) is 7.97. The third-order valence-electron chi connectivity index (χ3n) is 3.70. The summed E-state index contributed by atoms with van der Waals surface area (Å²) in [7, 11) is 0. The number of carboxylic acid groups (broad SMARTS) is 1. The van der Waals surface area contributed by atoms with E-state index >= 15 is 0 Å². The van der Waals surface area contributed by atoms with Crippen molar-refractivity contribution in [2.45, 2.75) is 40.5 Å². The van der Waals surface area contributed by atoms with Crippen molar-refractivity contribution in [2.24, 2.45) is 0 Å². The Bertz CT molecular complexity index is 307. The van der Waals surface area contributed by atoms with Gasteiger partial charge in [0.1, 0.15) is 0 Å². The lowest BCUT2D eigenvalue weighted by Gasteiger charge is -2.29. The Balaban J connectivity index is 4.34. The van der Waals surface area contributed by atoms with Crippen LogP contribution in [-0.4, -0.2) is 77.6 Å². The number of amides is 2. The fourth-order valence-corrected chi connectivity index (χ4v) is 2.23. The van der Waals surface area contributed by atoms with Crippen LogP contribution in [0.2, 0.25) is 0 Å². The van der Waals surface area contributed by atoms with Gasteiger partial charge in [0.25, 0.3) is 0 Å². The summed E-state index contributed by atoms with van der Waals surface area (Å²) < 4.78 is 0. The first-order chi connectivity index (χ1) is 9.99. The third-order valence-corrected chi connectivity index (χ3v) is 3.70. The number of carboxylic acids is 1. The van der Waals surface area contributed by atoms with Crippen molar-refractivity contribution in [3.8, 4) is 0 Å². The van der Waals surface area contributed by atoms with Crippen LogP contribution in [0.15, 0.2) is 0 Å². The van der Waals surface area contributed by atoms with Gasteiger partial charge in [0.05, 0.1) is 6.42 Å². The normalized spacial score (nSPS) is 10.7. The zero-order chi connectivity index (χ0) is 16.3. The zero-order valence-corrected chi connectivity index (χ0v) is 14.0. The molecular formula is C15H31N3O3. The minimum atomic E-state index is -0.870. The van der Waals surface area contributed by atoms with Crippen molar-refractivity contribution < 1.29 is 14.7 Å². The Kier molecular flexibility index (Phi) is 10.7. The van der Waals surface area contributed by atoms with E-state index in [1.54, 1.807) is 9.80 Å². The lowest BCUT2D eigenvalue weighted by Crippen LogP contribution is -2.44. The quantitative estimate of drug-likeness (QED) is 0.633. The summed E-state index contributed by atoms with van der Waals surface area (Å²) in [6, 6.07) is -0.0548. The van der Waals surface area contributed by atoms with E-state index in [9.17, 15) is 9.59 Å². The molecule has 0 radical (unpaired) electrons. The van der Waals surface area contributed by atoms with Gasteiger partial charge in [-0.3, -0.25) is 4.79 Å². The number of carbonyl (C=O) groups excluding carboxylic acids is 1. The minimum Gasteiger partial charge on any atom is -0.481 e. The average Bonchev–Trinajstić information content (AvgIpc) is 2.47. The molecule has 0 fully saturated rings. The summed E-state index contributed by atoms with van der Waals surface area (Å²) in [6.45, 7) is 13.3. The van der Waals surface area contributed by atoms with E-state index in [-0.39, 0.29) is 19.0 Å². The summed E-state index contributed by atoms with van der Waals surface area (Å²) in [5.41, 5.74) is 0. The van der Waals surface area contributed by atoms with E-state index in [1.807, 2.05) is 13.8 Å². The molecule has 0 aliphatic rings. The molecule has 0 aromatic heterocycles. The zero-order valence-electron chi connectivity index (χ0n) is 14.0. The van der Waals surface area contributed by atoms with Crippen LogP contribution in [-0.2, 0) is 4.79 Å². The molecule has 0 unspecified atom stereocenters. The molecule has 6 heteroatoms. The molecule has 0 aromatic rings. The molecule has 0 saturated heterocycles. The lowest BCUT2D eigenvalue weighted by molar-refractivity contribution is -0.137. The Morgan fingerprint density at radius 3 is 1.76 bits per heavy atom. The fourth-order valence-electron chi connectivity index (χ4n) is 2.23. The molecule has 0 atom stereocenters. The number of urea groups is 1. The van der Waals surface area contributed by atoms with Gasteiger partial charge in [0.15, 0.2) is 0 Å². The summed E-state index contributed by atoms with van der Waals surface area (Å²) >= 11 is 0. The molecule has 0 heterocycles. The first-order valence-electron chi connectivity index (χ1n) is 7.97. The second kappa shape index (κ2) is 11.4. The van der Waals surface area contributed by atoms with E-state index in [1.165, 1.54) is 0 Å². The van der Waals surface area contributed by atoms with E-state index in [2.05, 4.69) is 18.7 Å². The second-order valence-electron chi connectivity index (χ2n) is 4.97. The third kappa shape index (κ3) is 7.90. The topological polar surface area (TPSA) is 64.1 Å². The molecule has 0 rings (SSSR count). The van der Waals surface area contributed by atoms with E-state index in [0.717, 1.165) is 32.6 Å². The number of hydrogen-bond acceptors (Lipinski definition) is 3. The molecule has 0 aliphatic heterocycles. The van der Waals surface area contributed by atoms with Gasteiger partial charge in [-0.05, 0) is 39.9 Å². The summed E-state index contributed by atoms with van der Waals surface area (Å²) in [5, 5.41) is 8.74. The summed E-state index contributed by atoms with van der Waals surface area (Å²) in [6.07, 6.45) is 0.939. The van der Waals surface area contributed by atoms with Crippen LogP contribution in [0.3, 0.4) is 0 Å². The highest BCUT2D eigenvalue weighted by molar-refractivity contribution is 5.75. The van der Waals surface area contributed by atoms with Crippen molar-refractivity contribution in [2.75, 3.05) is 45.8 Å². The molecule has 6 nitrogen and oxygen atoms in total. The maximum atomic E-state index is 12.4. The van der Waals surface area contributed by atoms with E-state index in [0.29, 0.717) is 13.1 Å². The predicted octanol–water partition coefficient (Wildman–Crippen LogP) is 1.96. The van der Waals surface area contributed by atoms with Gasteiger partial charge in [-0.15, -0.1) is 0 Å². The number of nitrogens with zero attached hydrogens (tertiary/aromatic N) is 3. The van der Waals surface area contributed by atoms with Crippen LogP contribution in [0.5, 0.6) is 0 Å². The van der Waals surface area contributed by atoms with Crippen LogP contribution >= 0.6 is 0 Å². The van der Waals surface area contributed by atoms with Crippen molar-refractivity contribution in [3.63, 3.8) is 0 Å². The van der Waals surface area contributed by atoms with E-state index < -0.39 is 5.97 Å². The van der Waals surface area contributed by atoms with Gasteiger partial charge < -0.3 is 19.8 Å². The van der Waals surface area contributed by atoms with Gasteiger partial charge in [-0.1, -0.05) is 13.8 Å². The predicted molar refractivity (Wildman–Crippen MR) is 84.5 cm³/mol. The summed E-state index contributed by atoms with van der Waals surface area (Å²) in [5.74, 6) is -0.870. The Morgan fingerprint density at radius 2 is 1.33 bits per heavy atom. The maximum Gasteiger partial charge on any atom is 0.319 e. The van der Waals surface area contributed by atoms with Crippen LogP contribution in [0, 0.1) is 0 Å². The molecule has 124 valence electrons. The highest BCUT2D eigenvalue weighted by atomic mass is 16.4. The largest absolute Gasteiger partial charge is 0.481 e. The summed E-state index contributed by atoms with van der Waals surface area (Å²) in [4.78, 5) is 28.8. The number of hydrogen-bond donors (Lipinski definition) is 1. The van der Waals surface area contributed by atoms with Gasteiger partial charge in [0.2, 0.25) is 0 Å². The monoisotopic (exact) mass is 301 g/mol. The molecule has 0 bridgehead atoms.